The van der Waals surface area contributed by atoms with Gasteiger partial charge in [-0.25, -0.2) is 4.79 Å². The summed E-state index contributed by atoms with van der Waals surface area (Å²) < 4.78 is 0. The van der Waals surface area contributed by atoms with Gasteiger partial charge in [0, 0.05) is 17.0 Å². The van der Waals surface area contributed by atoms with Gasteiger partial charge < -0.3 is 10.4 Å². The van der Waals surface area contributed by atoms with E-state index in [-0.39, 0.29) is 11.9 Å². The van der Waals surface area contributed by atoms with Crippen molar-refractivity contribution in [1.29, 1.82) is 0 Å². The highest BCUT2D eigenvalue weighted by Crippen LogP contribution is 2.26. The standard InChI is InChI=1S/C16H21NO3S/c1-11(12-5-3-2-4-6-12)17-16(20)14-9-7-13(21-14)8-10-15(18)19/h7-12H,2-6H2,1H3,(H,17,20)(H,18,19). The zero-order valence-corrected chi connectivity index (χ0v) is 13.0. The number of amides is 1. The second-order valence-corrected chi connectivity index (χ2v) is 6.65. The molecule has 2 N–H and O–H groups in total. The van der Waals surface area contributed by atoms with Crippen molar-refractivity contribution in [3.8, 4) is 0 Å². The van der Waals surface area contributed by atoms with Gasteiger partial charge in [0.2, 0.25) is 0 Å². The molecular formula is C16H21NO3S. The molecule has 0 aliphatic heterocycles. The zero-order chi connectivity index (χ0) is 15.2. The van der Waals surface area contributed by atoms with Gasteiger partial charge in [-0.3, -0.25) is 4.79 Å². The topological polar surface area (TPSA) is 66.4 Å². The molecule has 114 valence electrons. The average Bonchev–Trinajstić information content (AvgIpc) is 2.95. The number of carboxylic acid groups (broad SMARTS) is 1. The van der Waals surface area contributed by atoms with Crippen LogP contribution in [-0.4, -0.2) is 23.0 Å². The van der Waals surface area contributed by atoms with Crippen LogP contribution in [0.4, 0.5) is 0 Å². The number of aliphatic carboxylic acids is 1. The summed E-state index contributed by atoms with van der Waals surface area (Å²) in [4.78, 5) is 24.1. The molecule has 0 aromatic carbocycles. The second-order valence-electron chi connectivity index (χ2n) is 5.53. The fourth-order valence-corrected chi connectivity index (χ4v) is 3.56. The molecule has 1 aromatic rings. The first-order valence-corrected chi connectivity index (χ1v) is 8.19. The maximum Gasteiger partial charge on any atom is 0.328 e. The quantitative estimate of drug-likeness (QED) is 0.818. The molecule has 21 heavy (non-hydrogen) atoms. The summed E-state index contributed by atoms with van der Waals surface area (Å²) in [6, 6.07) is 3.71. The summed E-state index contributed by atoms with van der Waals surface area (Å²) in [5.74, 6) is -0.470. The van der Waals surface area contributed by atoms with Crippen molar-refractivity contribution in [3.63, 3.8) is 0 Å². The van der Waals surface area contributed by atoms with Gasteiger partial charge in [0.1, 0.15) is 0 Å². The van der Waals surface area contributed by atoms with Crippen LogP contribution in [0.25, 0.3) is 6.08 Å². The Kier molecular flexibility index (Phi) is 5.56. The Morgan fingerprint density at radius 3 is 2.71 bits per heavy atom. The van der Waals surface area contributed by atoms with E-state index in [0.717, 1.165) is 11.0 Å². The lowest BCUT2D eigenvalue weighted by Crippen LogP contribution is -2.38. The average molecular weight is 307 g/mol. The van der Waals surface area contributed by atoms with Gasteiger partial charge in [-0.05, 0) is 43.9 Å². The molecule has 1 amide bonds. The largest absolute Gasteiger partial charge is 0.478 e. The minimum Gasteiger partial charge on any atom is -0.478 e. The molecule has 1 fully saturated rings. The number of nitrogens with one attached hydrogen (secondary N) is 1. The number of thiophene rings is 1. The van der Waals surface area contributed by atoms with E-state index in [2.05, 4.69) is 12.2 Å². The predicted molar refractivity (Wildman–Crippen MR) is 84.5 cm³/mol. The number of rotatable bonds is 5. The highest BCUT2D eigenvalue weighted by atomic mass is 32.1. The summed E-state index contributed by atoms with van der Waals surface area (Å²) >= 11 is 1.31. The Labute approximate surface area is 128 Å². The Balaban J connectivity index is 1.92. The Hall–Kier alpha value is -1.62. The van der Waals surface area contributed by atoms with Crippen LogP contribution in [0.3, 0.4) is 0 Å². The molecule has 0 saturated heterocycles. The van der Waals surface area contributed by atoms with Gasteiger partial charge in [-0.15, -0.1) is 11.3 Å². The molecule has 0 bridgehead atoms. The fourth-order valence-electron chi connectivity index (χ4n) is 2.75. The van der Waals surface area contributed by atoms with E-state index in [0.29, 0.717) is 10.8 Å². The Bertz CT molecular complexity index is 529. The second kappa shape index (κ2) is 7.41. The van der Waals surface area contributed by atoms with Crippen LogP contribution in [0.2, 0.25) is 0 Å². The lowest BCUT2D eigenvalue weighted by molar-refractivity contribution is -0.131. The zero-order valence-electron chi connectivity index (χ0n) is 12.2. The van der Waals surface area contributed by atoms with Crippen LogP contribution in [0.15, 0.2) is 18.2 Å². The molecule has 1 saturated carbocycles. The van der Waals surface area contributed by atoms with Crippen molar-refractivity contribution in [2.75, 3.05) is 0 Å². The van der Waals surface area contributed by atoms with Crippen molar-refractivity contribution in [2.24, 2.45) is 5.92 Å². The minimum absolute atomic E-state index is 0.0620. The maximum absolute atomic E-state index is 12.2. The summed E-state index contributed by atoms with van der Waals surface area (Å²) in [5, 5.41) is 11.7. The molecular weight excluding hydrogens is 286 g/mol. The molecule has 0 spiro atoms. The third kappa shape index (κ3) is 4.70. The van der Waals surface area contributed by atoms with Crippen LogP contribution >= 0.6 is 11.3 Å². The van der Waals surface area contributed by atoms with Gasteiger partial charge in [0.15, 0.2) is 0 Å². The smallest absolute Gasteiger partial charge is 0.328 e. The summed E-state index contributed by atoms with van der Waals surface area (Å²) in [7, 11) is 0. The van der Waals surface area contributed by atoms with E-state index in [1.54, 1.807) is 12.1 Å². The maximum atomic E-state index is 12.2. The van der Waals surface area contributed by atoms with Gasteiger partial charge in [-0.1, -0.05) is 19.3 Å². The number of hydrogen-bond acceptors (Lipinski definition) is 3. The van der Waals surface area contributed by atoms with Crippen LogP contribution in [0.5, 0.6) is 0 Å². The van der Waals surface area contributed by atoms with Crippen molar-refractivity contribution in [2.45, 2.75) is 45.1 Å². The molecule has 1 aliphatic rings. The first-order valence-electron chi connectivity index (χ1n) is 7.38. The number of carbonyl (C=O) groups excluding carboxylic acids is 1. The van der Waals surface area contributed by atoms with E-state index < -0.39 is 5.97 Å². The summed E-state index contributed by atoms with van der Waals surface area (Å²) in [6.07, 6.45) is 8.80. The van der Waals surface area contributed by atoms with Crippen molar-refractivity contribution < 1.29 is 14.7 Å². The molecule has 1 aromatic heterocycles. The fraction of sp³-hybridized carbons (Fsp3) is 0.500. The van der Waals surface area contributed by atoms with Crippen molar-refractivity contribution >= 4 is 29.3 Å². The number of hydrogen-bond donors (Lipinski definition) is 2. The predicted octanol–water partition coefficient (Wildman–Crippen LogP) is 3.54. The summed E-state index contributed by atoms with van der Waals surface area (Å²) in [5.41, 5.74) is 0. The minimum atomic E-state index is -0.986. The van der Waals surface area contributed by atoms with Gasteiger partial charge in [0.05, 0.1) is 4.88 Å². The van der Waals surface area contributed by atoms with E-state index in [9.17, 15) is 9.59 Å². The molecule has 1 aliphatic carbocycles. The molecule has 5 heteroatoms. The van der Waals surface area contributed by atoms with E-state index in [1.165, 1.54) is 49.5 Å². The van der Waals surface area contributed by atoms with Crippen molar-refractivity contribution in [3.05, 3.63) is 28.0 Å². The highest BCUT2D eigenvalue weighted by molar-refractivity contribution is 7.14. The molecule has 2 rings (SSSR count). The van der Waals surface area contributed by atoms with E-state index in [4.69, 9.17) is 5.11 Å². The molecule has 1 atom stereocenters. The molecule has 1 heterocycles. The highest BCUT2D eigenvalue weighted by Gasteiger charge is 2.22. The molecule has 0 radical (unpaired) electrons. The SMILES string of the molecule is CC(NC(=O)c1ccc(C=CC(=O)O)s1)C1CCCCC1. The first kappa shape index (κ1) is 15.8. The lowest BCUT2D eigenvalue weighted by atomic mass is 9.84. The third-order valence-corrected chi connectivity index (χ3v) is 5.01. The molecule has 4 nitrogen and oxygen atoms in total. The third-order valence-electron chi connectivity index (χ3n) is 3.96. The van der Waals surface area contributed by atoms with E-state index in [1.807, 2.05) is 0 Å². The van der Waals surface area contributed by atoms with Gasteiger partial charge in [0.25, 0.3) is 5.91 Å². The van der Waals surface area contributed by atoms with Crippen LogP contribution < -0.4 is 5.32 Å². The van der Waals surface area contributed by atoms with Crippen LogP contribution in [-0.2, 0) is 4.79 Å². The lowest BCUT2D eigenvalue weighted by Gasteiger charge is -2.28. The van der Waals surface area contributed by atoms with E-state index >= 15 is 0 Å². The molecule has 1 unspecified atom stereocenters. The summed E-state index contributed by atoms with van der Waals surface area (Å²) in [6.45, 7) is 2.08. The number of carbonyl (C=O) groups is 2. The van der Waals surface area contributed by atoms with Gasteiger partial charge >= 0.3 is 5.97 Å². The number of carboxylic acids is 1. The Morgan fingerprint density at radius 1 is 1.33 bits per heavy atom. The van der Waals surface area contributed by atoms with Crippen molar-refractivity contribution in [1.82, 2.24) is 5.32 Å². The Morgan fingerprint density at radius 2 is 2.05 bits per heavy atom. The van der Waals surface area contributed by atoms with Gasteiger partial charge in [-0.2, -0.15) is 0 Å². The first-order chi connectivity index (χ1) is 10.1. The van der Waals surface area contributed by atoms with Crippen LogP contribution in [0.1, 0.15) is 53.6 Å². The van der Waals surface area contributed by atoms with Crippen LogP contribution in [0, 0.1) is 5.92 Å². The normalized spacial score (nSPS) is 17.8. The monoisotopic (exact) mass is 307 g/mol.